The topological polar surface area (TPSA) is 70.5 Å². The Morgan fingerprint density at radius 3 is 2.61 bits per heavy atom. The van der Waals surface area contributed by atoms with Gasteiger partial charge in [-0.1, -0.05) is 13.8 Å². The summed E-state index contributed by atoms with van der Waals surface area (Å²) in [6.45, 7) is 5.75. The molecule has 0 saturated carbocycles. The van der Waals surface area contributed by atoms with E-state index in [0.29, 0.717) is 17.8 Å². The monoisotopic (exact) mass is 250 g/mol. The van der Waals surface area contributed by atoms with Crippen molar-refractivity contribution in [2.45, 2.75) is 20.8 Å². The molecule has 5 nitrogen and oxygen atoms in total. The molecule has 1 heterocycles. The van der Waals surface area contributed by atoms with Gasteiger partial charge in [0.15, 0.2) is 0 Å². The van der Waals surface area contributed by atoms with Crippen molar-refractivity contribution in [3.05, 3.63) is 29.6 Å². The van der Waals surface area contributed by atoms with Crippen LogP contribution in [0.25, 0.3) is 0 Å². The van der Waals surface area contributed by atoms with Crippen LogP contribution in [0.5, 0.6) is 0 Å². The molecular formula is C13H18N2O3. The van der Waals surface area contributed by atoms with Gasteiger partial charge < -0.3 is 10.0 Å². The Hall–Kier alpha value is -1.91. The number of pyridine rings is 1. The lowest BCUT2D eigenvalue weighted by molar-refractivity contribution is -0.137. The van der Waals surface area contributed by atoms with Gasteiger partial charge in [-0.2, -0.15) is 0 Å². The van der Waals surface area contributed by atoms with E-state index in [9.17, 15) is 9.59 Å². The van der Waals surface area contributed by atoms with Crippen molar-refractivity contribution in [3.8, 4) is 0 Å². The van der Waals surface area contributed by atoms with Crippen molar-refractivity contribution in [3.63, 3.8) is 0 Å². The van der Waals surface area contributed by atoms with Gasteiger partial charge in [0.25, 0.3) is 5.91 Å². The lowest BCUT2D eigenvalue weighted by atomic mass is 10.1. The summed E-state index contributed by atoms with van der Waals surface area (Å²) in [5, 5.41) is 8.85. The quantitative estimate of drug-likeness (QED) is 0.861. The Morgan fingerprint density at radius 2 is 2.11 bits per heavy atom. The van der Waals surface area contributed by atoms with Crippen LogP contribution in [0.1, 0.15) is 29.9 Å². The smallest absolute Gasteiger partial charge is 0.323 e. The third kappa shape index (κ3) is 3.84. The minimum atomic E-state index is -1.01. The molecule has 1 rings (SSSR count). The molecule has 5 heteroatoms. The van der Waals surface area contributed by atoms with Crippen molar-refractivity contribution in [2.75, 3.05) is 13.1 Å². The molecule has 0 saturated heterocycles. The molecule has 1 N–H and O–H groups in total. The fourth-order valence-corrected chi connectivity index (χ4v) is 1.70. The van der Waals surface area contributed by atoms with Gasteiger partial charge in [-0.3, -0.25) is 14.6 Å². The molecule has 18 heavy (non-hydrogen) atoms. The van der Waals surface area contributed by atoms with E-state index in [-0.39, 0.29) is 18.4 Å². The maximum atomic E-state index is 12.3. The molecule has 0 aliphatic rings. The van der Waals surface area contributed by atoms with Gasteiger partial charge >= 0.3 is 5.97 Å². The lowest BCUT2D eigenvalue weighted by Gasteiger charge is -2.23. The van der Waals surface area contributed by atoms with Crippen molar-refractivity contribution < 1.29 is 14.7 Å². The van der Waals surface area contributed by atoms with Crippen molar-refractivity contribution >= 4 is 11.9 Å². The van der Waals surface area contributed by atoms with Crippen molar-refractivity contribution in [2.24, 2.45) is 5.92 Å². The average molecular weight is 250 g/mol. The van der Waals surface area contributed by atoms with Crippen LogP contribution in [0.4, 0.5) is 0 Å². The maximum Gasteiger partial charge on any atom is 0.323 e. The van der Waals surface area contributed by atoms with Crippen LogP contribution in [-0.4, -0.2) is 40.0 Å². The highest BCUT2D eigenvalue weighted by molar-refractivity contribution is 5.96. The van der Waals surface area contributed by atoms with Gasteiger partial charge in [0.2, 0.25) is 0 Å². The van der Waals surface area contributed by atoms with Crippen LogP contribution < -0.4 is 0 Å². The molecule has 0 spiro atoms. The molecule has 1 aromatic rings. The van der Waals surface area contributed by atoms with Gasteiger partial charge in [-0.25, -0.2) is 0 Å². The number of carbonyl (C=O) groups is 2. The first-order valence-electron chi connectivity index (χ1n) is 5.84. The van der Waals surface area contributed by atoms with E-state index in [1.165, 1.54) is 4.90 Å². The molecule has 0 radical (unpaired) electrons. The van der Waals surface area contributed by atoms with E-state index >= 15 is 0 Å². The van der Waals surface area contributed by atoms with Gasteiger partial charge in [0.1, 0.15) is 6.54 Å². The van der Waals surface area contributed by atoms with Gasteiger partial charge in [0.05, 0.1) is 5.56 Å². The van der Waals surface area contributed by atoms with E-state index in [2.05, 4.69) is 4.98 Å². The highest BCUT2D eigenvalue weighted by Gasteiger charge is 2.20. The van der Waals surface area contributed by atoms with E-state index in [0.717, 1.165) is 0 Å². The summed E-state index contributed by atoms with van der Waals surface area (Å²) in [6.07, 6.45) is 1.61. The number of hydrogen-bond donors (Lipinski definition) is 1. The van der Waals surface area contributed by atoms with E-state index in [4.69, 9.17) is 5.11 Å². The summed E-state index contributed by atoms with van der Waals surface area (Å²) in [7, 11) is 0. The highest BCUT2D eigenvalue weighted by atomic mass is 16.4. The molecule has 0 aliphatic carbocycles. The largest absolute Gasteiger partial charge is 0.480 e. The first-order valence-corrected chi connectivity index (χ1v) is 5.84. The zero-order valence-corrected chi connectivity index (χ0v) is 10.9. The number of amides is 1. The number of rotatable bonds is 5. The third-order valence-corrected chi connectivity index (χ3v) is 2.44. The SMILES string of the molecule is Cc1ncccc1C(=O)N(CC(=O)O)CC(C)C. The van der Waals surface area contributed by atoms with E-state index in [1.54, 1.807) is 25.3 Å². The summed E-state index contributed by atoms with van der Waals surface area (Å²) in [6, 6.07) is 3.34. The summed E-state index contributed by atoms with van der Waals surface area (Å²) < 4.78 is 0. The first-order chi connectivity index (χ1) is 8.41. The Labute approximate surface area is 106 Å². The van der Waals surface area contributed by atoms with Crippen molar-refractivity contribution in [1.82, 2.24) is 9.88 Å². The van der Waals surface area contributed by atoms with E-state index in [1.807, 2.05) is 13.8 Å². The summed E-state index contributed by atoms with van der Waals surface area (Å²) in [5.74, 6) is -1.08. The molecule has 0 fully saturated rings. The molecule has 1 aromatic heterocycles. The molecule has 0 aliphatic heterocycles. The Bertz CT molecular complexity index is 444. The lowest BCUT2D eigenvalue weighted by Crippen LogP contribution is -2.38. The standard InChI is InChI=1S/C13H18N2O3/c1-9(2)7-15(8-12(16)17)13(18)11-5-4-6-14-10(11)3/h4-6,9H,7-8H2,1-3H3,(H,16,17). The van der Waals surface area contributed by atoms with Crippen LogP contribution in [-0.2, 0) is 4.79 Å². The molecule has 98 valence electrons. The normalized spacial score (nSPS) is 10.4. The molecule has 0 bridgehead atoms. The number of carboxylic acids is 1. The van der Waals surface area contributed by atoms with Crippen LogP contribution >= 0.6 is 0 Å². The second kappa shape index (κ2) is 6.14. The fourth-order valence-electron chi connectivity index (χ4n) is 1.70. The predicted octanol–water partition coefficient (Wildman–Crippen LogP) is 1.57. The number of aromatic nitrogens is 1. The molecule has 1 amide bonds. The van der Waals surface area contributed by atoms with Gasteiger partial charge in [-0.15, -0.1) is 0 Å². The summed E-state index contributed by atoms with van der Waals surface area (Å²) in [5.41, 5.74) is 1.07. The van der Waals surface area contributed by atoms with E-state index < -0.39 is 5.97 Å². The Balaban J connectivity index is 2.95. The third-order valence-electron chi connectivity index (χ3n) is 2.44. The number of hydrogen-bond acceptors (Lipinski definition) is 3. The maximum absolute atomic E-state index is 12.3. The molecule has 0 unspecified atom stereocenters. The Morgan fingerprint density at radius 1 is 1.44 bits per heavy atom. The van der Waals surface area contributed by atoms with Crippen LogP contribution in [0.2, 0.25) is 0 Å². The number of nitrogens with zero attached hydrogens (tertiary/aromatic N) is 2. The zero-order valence-electron chi connectivity index (χ0n) is 10.9. The van der Waals surface area contributed by atoms with Gasteiger partial charge in [-0.05, 0) is 25.0 Å². The summed E-state index contributed by atoms with van der Waals surface area (Å²) >= 11 is 0. The molecule has 0 aromatic carbocycles. The fraction of sp³-hybridized carbons (Fsp3) is 0.462. The van der Waals surface area contributed by atoms with Crippen LogP contribution in [0.3, 0.4) is 0 Å². The minimum absolute atomic E-state index is 0.213. The second-order valence-corrected chi connectivity index (χ2v) is 4.61. The average Bonchev–Trinajstić information content (AvgIpc) is 2.26. The van der Waals surface area contributed by atoms with Crippen molar-refractivity contribution in [1.29, 1.82) is 0 Å². The minimum Gasteiger partial charge on any atom is -0.480 e. The zero-order chi connectivity index (χ0) is 13.7. The number of carboxylic acid groups (broad SMARTS) is 1. The first kappa shape index (κ1) is 14.2. The predicted molar refractivity (Wildman–Crippen MR) is 67.4 cm³/mol. The Kier molecular flexibility index (Phi) is 4.83. The molecule has 0 atom stereocenters. The van der Waals surface area contributed by atoms with Crippen LogP contribution in [0, 0.1) is 12.8 Å². The highest BCUT2D eigenvalue weighted by Crippen LogP contribution is 2.10. The second-order valence-electron chi connectivity index (χ2n) is 4.61. The summed E-state index contributed by atoms with van der Waals surface area (Å²) in [4.78, 5) is 28.5. The number of carbonyl (C=O) groups excluding carboxylic acids is 1. The number of aryl methyl sites for hydroxylation is 1. The van der Waals surface area contributed by atoms with Gasteiger partial charge in [0, 0.05) is 18.4 Å². The number of aliphatic carboxylic acids is 1. The molecular weight excluding hydrogens is 232 g/mol. The van der Waals surface area contributed by atoms with Crippen LogP contribution in [0.15, 0.2) is 18.3 Å².